The molecule has 3 heteroatoms. The fourth-order valence-corrected chi connectivity index (χ4v) is 11.0. The van der Waals surface area contributed by atoms with Crippen molar-refractivity contribution in [1.82, 2.24) is 0 Å². The summed E-state index contributed by atoms with van der Waals surface area (Å²) in [7, 11) is 0. The smallest absolute Gasteiger partial charge is 0.143 e. The van der Waals surface area contributed by atoms with Crippen molar-refractivity contribution in [2.24, 2.45) is 5.41 Å². The fraction of sp³-hybridized carbons (Fsp3) is 0.143. The molecular formula is C63H51NO2. The number of hydrogen-bond donors (Lipinski definition) is 0. The average Bonchev–Trinajstić information content (AvgIpc) is 3.96. The Morgan fingerprint density at radius 3 is 1.50 bits per heavy atom. The first-order chi connectivity index (χ1) is 32.0. The zero-order valence-electron chi connectivity index (χ0n) is 38.3. The number of fused-ring (bicyclic) bond motifs is 7. The van der Waals surface area contributed by atoms with Crippen molar-refractivity contribution >= 4 is 60.9 Å². The topological polar surface area (TPSA) is 29.5 Å². The Hall–Kier alpha value is -7.62. The van der Waals surface area contributed by atoms with Crippen molar-refractivity contribution in [3.8, 4) is 44.5 Å². The number of furan rings is 2. The molecule has 0 amide bonds. The van der Waals surface area contributed by atoms with Crippen LogP contribution in [0, 0.1) is 5.41 Å². The molecule has 0 radical (unpaired) electrons. The predicted molar refractivity (Wildman–Crippen MR) is 277 cm³/mol. The van der Waals surface area contributed by atoms with Gasteiger partial charge in [0.2, 0.25) is 0 Å². The van der Waals surface area contributed by atoms with Gasteiger partial charge in [0.25, 0.3) is 0 Å². The van der Waals surface area contributed by atoms with E-state index in [1.54, 1.807) is 0 Å². The van der Waals surface area contributed by atoms with E-state index >= 15 is 0 Å². The molecule has 0 unspecified atom stereocenters. The lowest BCUT2D eigenvalue weighted by atomic mass is 9.59. The van der Waals surface area contributed by atoms with E-state index in [-0.39, 0.29) is 16.2 Å². The second kappa shape index (κ2) is 14.7. The van der Waals surface area contributed by atoms with E-state index in [4.69, 9.17) is 8.83 Å². The number of anilines is 3. The molecular weight excluding hydrogens is 803 g/mol. The lowest BCUT2D eigenvalue weighted by Crippen LogP contribution is -2.42. The van der Waals surface area contributed by atoms with Crippen LogP contribution in [0.4, 0.5) is 17.1 Å². The highest BCUT2D eigenvalue weighted by atomic mass is 16.3. The van der Waals surface area contributed by atoms with E-state index in [1.165, 1.54) is 33.4 Å². The van der Waals surface area contributed by atoms with Crippen LogP contribution in [0.5, 0.6) is 0 Å². The summed E-state index contributed by atoms with van der Waals surface area (Å²) in [6.45, 7) is 14.6. The molecule has 11 aromatic rings. The van der Waals surface area contributed by atoms with Gasteiger partial charge in [0.1, 0.15) is 22.3 Å². The Balaban J connectivity index is 1.05. The van der Waals surface area contributed by atoms with E-state index in [1.807, 2.05) is 12.1 Å². The minimum atomic E-state index is -0.104. The Morgan fingerprint density at radius 2 is 0.818 bits per heavy atom. The fourth-order valence-electron chi connectivity index (χ4n) is 11.0. The van der Waals surface area contributed by atoms with E-state index in [0.717, 1.165) is 83.2 Å². The van der Waals surface area contributed by atoms with Gasteiger partial charge in [-0.15, -0.1) is 0 Å². The minimum absolute atomic E-state index is 0.0182. The normalized spacial score (nSPS) is 14.9. The molecule has 320 valence electrons. The summed E-state index contributed by atoms with van der Waals surface area (Å²) in [6, 6.07) is 72.5. The number of nitrogens with zero attached hydrogens (tertiary/aromatic N) is 1. The molecule has 3 nitrogen and oxygen atoms in total. The average molecular weight is 854 g/mol. The van der Waals surface area contributed by atoms with Crippen LogP contribution >= 0.6 is 0 Å². The lowest BCUT2D eigenvalue weighted by molar-refractivity contribution is 0.125. The van der Waals surface area contributed by atoms with Crippen LogP contribution in [0.25, 0.3) is 88.4 Å². The highest BCUT2D eigenvalue weighted by Crippen LogP contribution is 2.63. The molecule has 1 aliphatic carbocycles. The van der Waals surface area contributed by atoms with Crippen molar-refractivity contribution < 1.29 is 8.83 Å². The first kappa shape index (κ1) is 39.9. The maximum atomic E-state index is 6.52. The van der Waals surface area contributed by atoms with Gasteiger partial charge in [0.05, 0.1) is 5.69 Å². The van der Waals surface area contributed by atoms with Crippen molar-refractivity contribution in [3.05, 3.63) is 211 Å². The summed E-state index contributed by atoms with van der Waals surface area (Å²) in [5, 5.41) is 4.55. The second-order valence-electron chi connectivity index (χ2n) is 19.7. The molecule has 2 aromatic heterocycles. The Labute approximate surface area is 386 Å². The van der Waals surface area contributed by atoms with Crippen molar-refractivity contribution in [2.75, 3.05) is 4.90 Å². The molecule has 66 heavy (non-hydrogen) atoms. The molecule has 0 fully saturated rings. The molecule has 0 saturated carbocycles. The SMILES string of the molecule is CC1(C)c2cc(-c3ccc(-c4cccc5oc6ccccc6c45)cc3)c(N(c3ccc(-c4ccccc4)cc3)c3ccc(-c4cccc5c4oc4ccccc45)cc3)cc2C(C)(C)C1(C)C. The Bertz CT molecular complexity index is 3640. The molecule has 2 heterocycles. The predicted octanol–water partition coefficient (Wildman–Crippen LogP) is 18.2. The van der Waals surface area contributed by atoms with Gasteiger partial charge in [-0.05, 0) is 115 Å². The van der Waals surface area contributed by atoms with Crippen LogP contribution in [-0.4, -0.2) is 0 Å². The molecule has 0 spiro atoms. The summed E-state index contributed by atoms with van der Waals surface area (Å²) in [4.78, 5) is 2.47. The lowest BCUT2D eigenvalue weighted by Gasteiger charge is -2.44. The molecule has 0 N–H and O–H groups in total. The third kappa shape index (κ3) is 5.96. The first-order valence-corrected chi connectivity index (χ1v) is 23.2. The second-order valence-corrected chi connectivity index (χ2v) is 19.7. The quantitative estimate of drug-likeness (QED) is 0.160. The van der Waals surface area contributed by atoms with E-state index in [0.29, 0.717) is 0 Å². The van der Waals surface area contributed by atoms with Crippen molar-refractivity contribution in [1.29, 1.82) is 0 Å². The van der Waals surface area contributed by atoms with Crippen LogP contribution in [-0.2, 0) is 10.8 Å². The molecule has 0 saturated heterocycles. The third-order valence-electron chi connectivity index (χ3n) is 15.8. The molecule has 0 bridgehead atoms. The number of benzene rings is 9. The summed E-state index contributed by atoms with van der Waals surface area (Å²) < 4.78 is 12.8. The van der Waals surface area contributed by atoms with Crippen LogP contribution in [0.15, 0.2) is 209 Å². The first-order valence-electron chi connectivity index (χ1n) is 23.2. The summed E-state index contributed by atoms with van der Waals surface area (Å²) in [6.07, 6.45) is 0. The zero-order valence-corrected chi connectivity index (χ0v) is 38.3. The molecule has 0 atom stereocenters. The monoisotopic (exact) mass is 853 g/mol. The van der Waals surface area contributed by atoms with Gasteiger partial charge >= 0.3 is 0 Å². The molecule has 12 rings (SSSR count). The van der Waals surface area contributed by atoms with Gasteiger partial charge in [0.15, 0.2) is 0 Å². The molecule has 1 aliphatic rings. The number of para-hydroxylation sites is 3. The van der Waals surface area contributed by atoms with Crippen LogP contribution in [0.1, 0.15) is 52.7 Å². The number of hydrogen-bond acceptors (Lipinski definition) is 3. The molecule has 0 aliphatic heterocycles. The van der Waals surface area contributed by atoms with Gasteiger partial charge in [0, 0.05) is 44.0 Å². The maximum Gasteiger partial charge on any atom is 0.143 e. The third-order valence-corrected chi connectivity index (χ3v) is 15.8. The standard InChI is InChI=1S/C63H51NO2/c1-61(2)53-38-52(44-28-26-42(27-29-44)47-20-15-25-58-59(47)51-19-11-13-24-57(51)65-58)55(39-54(53)62(3,4)63(61,5)6)64(45-34-30-41(31-35-45)40-16-8-7-9-17-40)46-36-32-43(33-37-46)48-21-14-22-50-49-18-10-12-23-56(49)66-60(48)50/h7-39H,1-6H3. The summed E-state index contributed by atoms with van der Waals surface area (Å²) >= 11 is 0. The maximum absolute atomic E-state index is 6.52. The summed E-state index contributed by atoms with van der Waals surface area (Å²) in [5.74, 6) is 0. The largest absolute Gasteiger partial charge is 0.456 e. The Kier molecular flexibility index (Phi) is 8.90. The molecule has 9 aromatic carbocycles. The number of rotatable bonds is 7. The van der Waals surface area contributed by atoms with Gasteiger partial charge in [-0.1, -0.05) is 187 Å². The summed E-state index contributed by atoms with van der Waals surface area (Å²) in [5.41, 5.74) is 18.8. The van der Waals surface area contributed by atoms with Gasteiger partial charge < -0.3 is 13.7 Å². The highest BCUT2D eigenvalue weighted by molar-refractivity contribution is 6.13. The van der Waals surface area contributed by atoms with E-state index in [2.05, 4.69) is 234 Å². The van der Waals surface area contributed by atoms with Crippen molar-refractivity contribution in [3.63, 3.8) is 0 Å². The Morgan fingerprint density at radius 1 is 0.348 bits per heavy atom. The highest BCUT2D eigenvalue weighted by Gasteiger charge is 2.57. The van der Waals surface area contributed by atoms with Crippen LogP contribution < -0.4 is 4.90 Å². The van der Waals surface area contributed by atoms with Gasteiger partial charge in [-0.3, -0.25) is 0 Å². The van der Waals surface area contributed by atoms with Gasteiger partial charge in [-0.25, -0.2) is 0 Å². The van der Waals surface area contributed by atoms with Crippen molar-refractivity contribution in [2.45, 2.75) is 52.4 Å². The van der Waals surface area contributed by atoms with Crippen LogP contribution in [0.2, 0.25) is 0 Å². The van der Waals surface area contributed by atoms with E-state index in [9.17, 15) is 0 Å². The zero-order chi connectivity index (χ0) is 45.0. The van der Waals surface area contributed by atoms with Gasteiger partial charge in [-0.2, -0.15) is 0 Å². The van der Waals surface area contributed by atoms with Crippen LogP contribution in [0.3, 0.4) is 0 Å². The minimum Gasteiger partial charge on any atom is -0.456 e. The van der Waals surface area contributed by atoms with E-state index < -0.39 is 0 Å².